The molecule has 17 heavy (non-hydrogen) atoms. The highest BCUT2D eigenvalue weighted by Crippen LogP contribution is 2.13. The average Bonchev–Trinajstić information content (AvgIpc) is 2.30. The number of nitrogens with zero attached hydrogens (tertiary/aromatic N) is 2. The molecular weight excluding hydrogens is 223 g/mol. The summed E-state index contributed by atoms with van der Waals surface area (Å²) < 4.78 is 13.5. The van der Waals surface area contributed by atoms with Gasteiger partial charge in [-0.25, -0.2) is 4.39 Å². The largest absolute Gasteiger partial charge is 0.480 e. The Kier molecular flexibility index (Phi) is 4.18. The number of benzene rings is 1. The summed E-state index contributed by atoms with van der Waals surface area (Å²) in [6.07, 6.45) is 0. The lowest BCUT2D eigenvalue weighted by Gasteiger charge is -2.21. The van der Waals surface area contributed by atoms with E-state index < -0.39 is 17.8 Å². The zero-order chi connectivity index (χ0) is 13.0. The molecule has 0 spiro atoms. The van der Waals surface area contributed by atoms with Gasteiger partial charge in [0.05, 0.1) is 11.6 Å². The zero-order valence-electron chi connectivity index (χ0n) is 9.64. The highest BCUT2D eigenvalue weighted by Gasteiger charge is 2.17. The monoisotopic (exact) mass is 236 g/mol. The highest BCUT2D eigenvalue weighted by molar-refractivity contribution is 5.72. The van der Waals surface area contributed by atoms with Crippen LogP contribution in [0.1, 0.15) is 18.1 Å². The van der Waals surface area contributed by atoms with Crippen LogP contribution in [-0.2, 0) is 11.3 Å². The normalized spacial score (nSPS) is 12.2. The van der Waals surface area contributed by atoms with Gasteiger partial charge in [-0.3, -0.25) is 9.69 Å². The number of carbonyl (C=O) groups is 1. The summed E-state index contributed by atoms with van der Waals surface area (Å²) >= 11 is 0. The van der Waals surface area contributed by atoms with Crippen molar-refractivity contribution in [2.75, 3.05) is 7.05 Å². The predicted molar refractivity (Wildman–Crippen MR) is 59.7 cm³/mol. The third-order valence-corrected chi connectivity index (χ3v) is 2.62. The molecule has 1 N–H and O–H groups in total. The fourth-order valence-electron chi connectivity index (χ4n) is 1.34. The number of rotatable bonds is 4. The molecule has 1 unspecified atom stereocenters. The second-order valence-electron chi connectivity index (χ2n) is 3.85. The molecule has 0 bridgehead atoms. The van der Waals surface area contributed by atoms with Gasteiger partial charge < -0.3 is 5.11 Å². The van der Waals surface area contributed by atoms with Crippen molar-refractivity contribution in [3.05, 3.63) is 35.1 Å². The van der Waals surface area contributed by atoms with E-state index in [-0.39, 0.29) is 12.1 Å². The van der Waals surface area contributed by atoms with Crippen LogP contribution in [-0.4, -0.2) is 29.1 Å². The molecule has 1 aromatic carbocycles. The van der Waals surface area contributed by atoms with Gasteiger partial charge in [0.15, 0.2) is 0 Å². The van der Waals surface area contributed by atoms with Gasteiger partial charge in [0.25, 0.3) is 0 Å². The Balaban J connectivity index is 2.82. The maximum Gasteiger partial charge on any atom is 0.320 e. The minimum absolute atomic E-state index is 0.186. The standard InChI is InChI=1S/C12H13FN2O2/c1-8(12(16)17)15(2)7-10-4-3-9(6-14)5-11(10)13/h3-5,8H,7H2,1-2H3,(H,16,17). The lowest BCUT2D eigenvalue weighted by Crippen LogP contribution is -2.35. The molecule has 0 aromatic heterocycles. The molecule has 0 aliphatic rings. The first kappa shape index (κ1) is 13.1. The Hall–Kier alpha value is -1.93. The van der Waals surface area contributed by atoms with Crippen LogP contribution >= 0.6 is 0 Å². The van der Waals surface area contributed by atoms with Crippen LogP contribution in [0.4, 0.5) is 4.39 Å². The van der Waals surface area contributed by atoms with Crippen molar-refractivity contribution < 1.29 is 14.3 Å². The fraction of sp³-hybridized carbons (Fsp3) is 0.333. The Morgan fingerprint density at radius 1 is 1.65 bits per heavy atom. The smallest absolute Gasteiger partial charge is 0.320 e. The van der Waals surface area contributed by atoms with Gasteiger partial charge >= 0.3 is 5.97 Å². The van der Waals surface area contributed by atoms with Gasteiger partial charge in [-0.2, -0.15) is 5.26 Å². The summed E-state index contributed by atoms with van der Waals surface area (Å²) in [6, 6.07) is 5.31. The first-order valence-electron chi connectivity index (χ1n) is 5.07. The van der Waals surface area contributed by atoms with Crippen molar-refractivity contribution >= 4 is 5.97 Å². The van der Waals surface area contributed by atoms with Crippen molar-refractivity contribution in [1.29, 1.82) is 5.26 Å². The third-order valence-electron chi connectivity index (χ3n) is 2.62. The van der Waals surface area contributed by atoms with Crippen LogP contribution in [0, 0.1) is 17.1 Å². The number of aliphatic carboxylic acids is 1. The van der Waals surface area contributed by atoms with Crippen molar-refractivity contribution in [3.8, 4) is 6.07 Å². The maximum atomic E-state index is 13.5. The van der Waals surface area contributed by atoms with E-state index in [2.05, 4.69) is 0 Å². The minimum Gasteiger partial charge on any atom is -0.480 e. The Labute approximate surface area is 98.9 Å². The van der Waals surface area contributed by atoms with Gasteiger partial charge in [0, 0.05) is 12.1 Å². The number of carboxylic acid groups (broad SMARTS) is 1. The summed E-state index contributed by atoms with van der Waals surface area (Å²) in [7, 11) is 1.61. The molecule has 0 saturated heterocycles. The molecule has 0 amide bonds. The molecule has 1 aromatic rings. The average molecular weight is 236 g/mol. The van der Waals surface area contributed by atoms with Crippen LogP contribution in [0.15, 0.2) is 18.2 Å². The Bertz CT molecular complexity index is 468. The molecule has 0 radical (unpaired) electrons. The quantitative estimate of drug-likeness (QED) is 0.862. The molecule has 0 aliphatic heterocycles. The summed E-state index contributed by atoms with van der Waals surface area (Å²) in [5.74, 6) is -1.45. The zero-order valence-corrected chi connectivity index (χ0v) is 9.64. The van der Waals surface area contributed by atoms with Crippen LogP contribution in [0.5, 0.6) is 0 Å². The second kappa shape index (κ2) is 5.41. The fourth-order valence-corrected chi connectivity index (χ4v) is 1.34. The molecule has 0 fully saturated rings. The van der Waals surface area contributed by atoms with Crippen LogP contribution < -0.4 is 0 Å². The van der Waals surface area contributed by atoms with E-state index in [9.17, 15) is 9.18 Å². The Morgan fingerprint density at radius 2 is 2.29 bits per heavy atom. The summed E-state index contributed by atoms with van der Waals surface area (Å²) in [6.45, 7) is 1.72. The van der Waals surface area contributed by atoms with Gasteiger partial charge in [0.2, 0.25) is 0 Å². The third kappa shape index (κ3) is 3.26. The number of likely N-dealkylation sites (N-methyl/N-ethyl adjacent to an activating group) is 1. The lowest BCUT2D eigenvalue weighted by atomic mass is 10.1. The minimum atomic E-state index is -0.957. The highest BCUT2D eigenvalue weighted by atomic mass is 19.1. The Morgan fingerprint density at radius 3 is 2.76 bits per heavy atom. The molecule has 0 heterocycles. The second-order valence-corrected chi connectivity index (χ2v) is 3.85. The molecule has 0 saturated carbocycles. The van der Waals surface area contributed by atoms with Gasteiger partial charge in [0.1, 0.15) is 11.9 Å². The molecule has 1 atom stereocenters. The van der Waals surface area contributed by atoms with E-state index >= 15 is 0 Å². The molecular formula is C12H13FN2O2. The molecule has 4 nitrogen and oxygen atoms in total. The predicted octanol–water partition coefficient (Wildman–Crippen LogP) is 1.60. The first-order valence-corrected chi connectivity index (χ1v) is 5.07. The number of carboxylic acids is 1. The summed E-state index contributed by atoms with van der Waals surface area (Å²) in [5, 5.41) is 17.4. The number of nitriles is 1. The SMILES string of the molecule is CC(C(=O)O)N(C)Cc1ccc(C#N)cc1F. The number of halogens is 1. The lowest BCUT2D eigenvalue weighted by molar-refractivity contribution is -0.142. The molecule has 90 valence electrons. The summed E-state index contributed by atoms with van der Waals surface area (Å²) in [4.78, 5) is 12.3. The van der Waals surface area contributed by atoms with Gasteiger partial charge in [-0.05, 0) is 26.1 Å². The van der Waals surface area contributed by atoms with E-state index in [1.165, 1.54) is 24.0 Å². The van der Waals surface area contributed by atoms with Crippen LogP contribution in [0.3, 0.4) is 0 Å². The number of hydrogen-bond acceptors (Lipinski definition) is 3. The first-order chi connectivity index (χ1) is 7.95. The van der Waals surface area contributed by atoms with E-state index in [4.69, 9.17) is 10.4 Å². The topological polar surface area (TPSA) is 64.3 Å². The van der Waals surface area contributed by atoms with E-state index in [1.807, 2.05) is 6.07 Å². The van der Waals surface area contributed by atoms with Crippen molar-refractivity contribution in [2.24, 2.45) is 0 Å². The van der Waals surface area contributed by atoms with Crippen LogP contribution in [0.25, 0.3) is 0 Å². The number of hydrogen-bond donors (Lipinski definition) is 1. The maximum absolute atomic E-state index is 13.5. The summed E-state index contributed by atoms with van der Waals surface area (Å²) in [5.41, 5.74) is 0.625. The van der Waals surface area contributed by atoms with E-state index in [1.54, 1.807) is 7.05 Å². The molecule has 1 rings (SSSR count). The van der Waals surface area contributed by atoms with Crippen molar-refractivity contribution in [1.82, 2.24) is 4.90 Å². The van der Waals surface area contributed by atoms with E-state index in [0.29, 0.717) is 5.56 Å². The molecule has 5 heteroatoms. The van der Waals surface area contributed by atoms with Gasteiger partial charge in [-0.15, -0.1) is 0 Å². The van der Waals surface area contributed by atoms with Gasteiger partial charge in [-0.1, -0.05) is 6.07 Å². The van der Waals surface area contributed by atoms with E-state index in [0.717, 1.165) is 6.07 Å². The molecule has 0 aliphatic carbocycles. The van der Waals surface area contributed by atoms with Crippen LogP contribution in [0.2, 0.25) is 0 Å². The van der Waals surface area contributed by atoms with Crippen molar-refractivity contribution in [3.63, 3.8) is 0 Å². The van der Waals surface area contributed by atoms with Crippen molar-refractivity contribution in [2.45, 2.75) is 19.5 Å².